The summed E-state index contributed by atoms with van der Waals surface area (Å²) in [4.78, 5) is 0. The third-order valence-electron chi connectivity index (χ3n) is 1.12. The van der Waals surface area contributed by atoms with Crippen LogP contribution in [0, 0.1) is 0 Å². The Morgan fingerprint density at radius 3 is 0.929 bits per heavy atom. The van der Waals surface area contributed by atoms with Gasteiger partial charge >= 0.3 is 0 Å². The van der Waals surface area contributed by atoms with Crippen LogP contribution in [0.3, 0.4) is 0 Å². The first-order chi connectivity index (χ1) is 5.75. The van der Waals surface area contributed by atoms with E-state index in [2.05, 4.69) is 0 Å². The van der Waals surface area contributed by atoms with Gasteiger partial charge in [-0.05, 0) is 0 Å². The zero-order valence-corrected chi connectivity index (χ0v) is 12.6. The lowest BCUT2D eigenvalue weighted by atomic mass is 10.3. The summed E-state index contributed by atoms with van der Waals surface area (Å²) in [5.41, 5.74) is 0. The van der Waals surface area contributed by atoms with Crippen molar-refractivity contribution in [3.63, 3.8) is 0 Å². The minimum absolute atomic E-state index is 2.35. The SMILES string of the molecule is [O]C(Cl)(Cl)C(Cl)(Cl)C(Cl)(Cl)C(Cl)(Cl)Cl. The molecule has 0 bridgehead atoms. The minimum Gasteiger partial charge on any atom is -0.190 e. The summed E-state index contributed by atoms with van der Waals surface area (Å²) < 4.78 is -10.4. The van der Waals surface area contributed by atoms with E-state index in [4.69, 9.17) is 104 Å². The van der Waals surface area contributed by atoms with E-state index in [1.807, 2.05) is 0 Å². The van der Waals surface area contributed by atoms with Crippen LogP contribution < -0.4 is 0 Å². The van der Waals surface area contributed by atoms with Gasteiger partial charge in [0.15, 0.2) is 0 Å². The molecule has 1 nitrogen and oxygen atoms in total. The maximum atomic E-state index is 11.1. The van der Waals surface area contributed by atoms with Crippen molar-refractivity contribution in [2.75, 3.05) is 0 Å². The van der Waals surface area contributed by atoms with Gasteiger partial charge in [-0.15, -0.1) is 0 Å². The molecule has 0 amide bonds. The summed E-state index contributed by atoms with van der Waals surface area (Å²) in [5, 5.41) is 11.1. The molecule has 0 fully saturated rings. The number of hydrogen-bond acceptors (Lipinski definition) is 0. The third-order valence-corrected chi connectivity index (χ3v) is 6.12. The molecule has 0 spiro atoms. The van der Waals surface area contributed by atoms with E-state index in [-0.39, 0.29) is 0 Å². The topological polar surface area (TPSA) is 19.9 Å². The van der Waals surface area contributed by atoms with E-state index in [1.54, 1.807) is 0 Å². The van der Waals surface area contributed by atoms with Crippen LogP contribution in [0.1, 0.15) is 0 Å². The Morgan fingerprint density at radius 1 is 0.571 bits per heavy atom. The standard InChI is InChI=1S/C4Cl9O/c5-1(6,3(9,10)11)2(7,8)4(12,13)14. The second-order valence-electron chi connectivity index (χ2n) is 2.16. The van der Waals surface area contributed by atoms with Gasteiger partial charge < -0.3 is 0 Å². The highest BCUT2D eigenvalue weighted by Gasteiger charge is 2.68. The van der Waals surface area contributed by atoms with Crippen molar-refractivity contribution in [3.05, 3.63) is 0 Å². The maximum absolute atomic E-state index is 11.1. The first-order valence-electron chi connectivity index (χ1n) is 2.65. The summed E-state index contributed by atoms with van der Waals surface area (Å²) in [7, 11) is 0. The number of hydrogen-bond donors (Lipinski definition) is 0. The van der Waals surface area contributed by atoms with Crippen LogP contribution in [0.5, 0.6) is 0 Å². The molecule has 0 aromatic heterocycles. The van der Waals surface area contributed by atoms with Crippen LogP contribution in [0.15, 0.2) is 0 Å². The van der Waals surface area contributed by atoms with Crippen molar-refractivity contribution in [1.82, 2.24) is 0 Å². The lowest BCUT2D eigenvalue weighted by Gasteiger charge is -2.40. The Kier molecular flexibility index (Phi) is 5.54. The maximum Gasteiger partial charge on any atom is 0.286 e. The molecule has 0 rings (SSSR count). The molecule has 0 saturated carbocycles. The normalized spacial score (nSPS) is 15.9. The summed E-state index contributed by atoms with van der Waals surface area (Å²) in [6, 6.07) is 0. The molecule has 0 aromatic rings. The third kappa shape index (κ3) is 3.07. The average Bonchev–Trinajstić information content (AvgIpc) is 1.81. The van der Waals surface area contributed by atoms with E-state index in [1.165, 1.54) is 0 Å². The summed E-state index contributed by atoms with van der Waals surface area (Å²) in [6.07, 6.45) is 0. The van der Waals surface area contributed by atoms with Crippen molar-refractivity contribution >= 4 is 104 Å². The van der Waals surface area contributed by atoms with Crippen LogP contribution in [-0.2, 0) is 5.11 Å². The summed E-state index contributed by atoms with van der Waals surface area (Å²) in [6.45, 7) is 0. The lowest BCUT2D eigenvalue weighted by Crippen LogP contribution is -2.55. The van der Waals surface area contributed by atoms with Crippen LogP contribution >= 0.6 is 104 Å². The van der Waals surface area contributed by atoms with Gasteiger partial charge in [0.05, 0.1) is 0 Å². The van der Waals surface area contributed by atoms with E-state index in [0.29, 0.717) is 0 Å². The molecular formula is C4Cl9O. The molecule has 0 aliphatic carbocycles. The summed E-state index contributed by atoms with van der Waals surface area (Å²) >= 11 is 48.3. The second-order valence-corrected chi connectivity index (χ2v) is 8.36. The van der Waals surface area contributed by atoms with Gasteiger partial charge in [0.2, 0.25) is 12.5 Å². The Morgan fingerprint density at radius 2 is 0.857 bits per heavy atom. The highest BCUT2D eigenvalue weighted by atomic mass is 35.6. The fourth-order valence-corrected chi connectivity index (χ4v) is 2.10. The molecule has 10 heteroatoms. The lowest BCUT2D eigenvalue weighted by molar-refractivity contribution is 0.101. The van der Waals surface area contributed by atoms with Gasteiger partial charge in [-0.25, -0.2) is 0 Å². The van der Waals surface area contributed by atoms with Gasteiger partial charge in [-0.1, -0.05) is 104 Å². The molecule has 0 aromatic carbocycles. The van der Waals surface area contributed by atoms with E-state index in [9.17, 15) is 5.11 Å². The predicted octanol–water partition coefficient (Wildman–Crippen LogP) is 5.27. The smallest absolute Gasteiger partial charge is 0.190 e. The molecule has 14 heavy (non-hydrogen) atoms. The number of alkyl halides is 9. The fourth-order valence-electron chi connectivity index (χ4n) is 0.361. The highest BCUT2D eigenvalue weighted by Crippen LogP contribution is 2.61. The van der Waals surface area contributed by atoms with E-state index < -0.39 is 17.0 Å². The molecule has 1 radical (unpaired) electrons. The molecule has 0 aliphatic heterocycles. The zero-order chi connectivity index (χ0) is 12.0. The van der Waals surface area contributed by atoms with Crippen molar-refractivity contribution < 1.29 is 5.11 Å². The van der Waals surface area contributed by atoms with Gasteiger partial charge in [0.1, 0.15) is 0 Å². The molecule has 0 heterocycles. The van der Waals surface area contributed by atoms with Crippen molar-refractivity contribution in [3.8, 4) is 0 Å². The number of halogens is 9. The van der Waals surface area contributed by atoms with Gasteiger partial charge in [0.25, 0.3) is 4.52 Å². The molecule has 0 N–H and O–H groups in total. The van der Waals surface area contributed by atoms with Crippen molar-refractivity contribution in [1.29, 1.82) is 0 Å². The first kappa shape index (κ1) is 16.6. The molecule has 0 saturated heterocycles. The highest BCUT2D eigenvalue weighted by molar-refractivity contribution is 6.80. The van der Waals surface area contributed by atoms with Gasteiger partial charge in [-0.3, -0.25) is 0 Å². The Bertz CT molecular complexity index is 186. The largest absolute Gasteiger partial charge is 0.286 e. The molecular weight excluding hydrogens is 383 g/mol. The first-order valence-corrected chi connectivity index (χ1v) is 6.06. The monoisotopic (exact) mass is 379 g/mol. The van der Waals surface area contributed by atoms with Crippen LogP contribution in [0.4, 0.5) is 0 Å². The number of rotatable bonds is 2. The fraction of sp³-hybridized carbons (Fsp3) is 1.00. The van der Waals surface area contributed by atoms with Gasteiger partial charge in [0, 0.05) is 0 Å². The minimum atomic E-state index is -2.95. The van der Waals surface area contributed by atoms with Crippen molar-refractivity contribution in [2.45, 2.75) is 17.0 Å². The van der Waals surface area contributed by atoms with Crippen molar-refractivity contribution in [2.24, 2.45) is 0 Å². The van der Waals surface area contributed by atoms with Crippen LogP contribution in [0.25, 0.3) is 0 Å². The second kappa shape index (κ2) is 4.68. The molecule has 85 valence electrons. The predicted molar refractivity (Wildman–Crippen MR) is 64.3 cm³/mol. The van der Waals surface area contributed by atoms with Gasteiger partial charge in [-0.2, -0.15) is 5.11 Å². The summed E-state index contributed by atoms with van der Waals surface area (Å²) in [5.74, 6) is 0. The van der Waals surface area contributed by atoms with Crippen LogP contribution in [0.2, 0.25) is 0 Å². The van der Waals surface area contributed by atoms with E-state index in [0.717, 1.165) is 0 Å². The molecule has 0 aliphatic rings. The molecule has 0 atom stereocenters. The average molecular weight is 383 g/mol. The Balaban J connectivity index is 5.30. The Hall–Kier alpha value is 2.57. The Labute approximate surface area is 125 Å². The quantitative estimate of drug-likeness (QED) is 0.580. The molecule has 0 unspecified atom stereocenters. The zero-order valence-electron chi connectivity index (χ0n) is 5.81. The van der Waals surface area contributed by atoms with Crippen LogP contribution in [-0.4, -0.2) is 17.0 Å². The van der Waals surface area contributed by atoms with E-state index >= 15 is 0 Å².